The number of hydrogen-bond donors (Lipinski definition) is 0. The number of thiazole rings is 1. The van der Waals surface area contributed by atoms with Crippen LogP contribution in [-0.2, 0) is 16.0 Å². The summed E-state index contributed by atoms with van der Waals surface area (Å²) in [6, 6.07) is 17.0. The van der Waals surface area contributed by atoms with Crippen molar-refractivity contribution in [1.29, 1.82) is 0 Å². The fourth-order valence-electron chi connectivity index (χ4n) is 2.97. The van der Waals surface area contributed by atoms with Crippen LogP contribution in [0.2, 0.25) is 0 Å². The van der Waals surface area contributed by atoms with Gasteiger partial charge in [-0.05, 0) is 43.3 Å². The van der Waals surface area contributed by atoms with Gasteiger partial charge in [0.1, 0.15) is 22.9 Å². The second kappa shape index (κ2) is 8.28. The largest absolute Gasteiger partial charge is 0.466 e. The van der Waals surface area contributed by atoms with Crippen LogP contribution in [0.5, 0.6) is 11.5 Å². The lowest BCUT2D eigenvalue weighted by molar-refractivity contribution is -0.142. The smallest absolute Gasteiger partial charge is 0.311 e. The number of imidazole rings is 1. The first-order valence-corrected chi connectivity index (χ1v) is 9.94. The molecule has 0 amide bonds. The van der Waals surface area contributed by atoms with Crippen LogP contribution < -0.4 is 4.74 Å². The van der Waals surface area contributed by atoms with Crippen molar-refractivity contribution in [2.45, 2.75) is 13.3 Å². The minimum atomic E-state index is -0.293. The molecule has 0 unspecified atom stereocenters. The van der Waals surface area contributed by atoms with E-state index in [1.54, 1.807) is 17.5 Å². The second-order valence-corrected chi connectivity index (χ2v) is 7.33. The number of benzene rings is 2. The minimum Gasteiger partial charge on any atom is -0.466 e. The maximum Gasteiger partial charge on any atom is 0.311 e. The Balaban J connectivity index is 1.59. The van der Waals surface area contributed by atoms with Gasteiger partial charge in [-0.25, -0.2) is 4.98 Å². The number of carbonyl (C=O) groups is 2. The topological polar surface area (TPSA) is 69.9 Å². The first kappa shape index (κ1) is 18.9. The van der Waals surface area contributed by atoms with Crippen molar-refractivity contribution in [3.63, 3.8) is 0 Å². The van der Waals surface area contributed by atoms with Crippen LogP contribution >= 0.6 is 11.3 Å². The van der Waals surface area contributed by atoms with Gasteiger partial charge in [-0.3, -0.25) is 14.0 Å². The lowest BCUT2D eigenvalue weighted by Crippen LogP contribution is -2.06. The summed E-state index contributed by atoms with van der Waals surface area (Å²) in [5.41, 5.74) is 1.86. The predicted molar refractivity (Wildman–Crippen MR) is 111 cm³/mol. The first-order chi connectivity index (χ1) is 14.2. The highest BCUT2D eigenvalue weighted by Gasteiger charge is 2.17. The molecule has 7 heteroatoms. The maximum absolute atomic E-state index is 11.7. The van der Waals surface area contributed by atoms with Gasteiger partial charge in [0.05, 0.1) is 13.0 Å². The maximum atomic E-state index is 11.7. The third kappa shape index (κ3) is 4.05. The summed E-state index contributed by atoms with van der Waals surface area (Å²) < 4.78 is 12.5. The lowest BCUT2D eigenvalue weighted by atomic mass is 10.1. The van der Waals surface area contributed by atoms with Crippen molar-refractivity contribution in [2.75, 3.05) is 6.61 Å². The van der Waals surface area contributed by atoms with Gasteiger partial charge in [0.25, 0.3) is 0 Å². The summed E-state index contributed by atoms with van der Waals surface area (Å²) >= 11 is 1.37. The van der Waals surface area contributed by atoms with Crippen LogP contribution in [0.1, 0.15) is 22.3 Å². The second-order valence-electron chi connectivity index (χ2n) is 6.23. The Kier molecular flexibility index (Phi) is 5.39. The van der Waals surface area contributed by atoms with Crippen molar-refractivity contribution in [3.8, 4) is 22.8 Å². The third-order valence-corrected chi connectivity index (χ3v) is 5.24. The van der Waals surface area contributed by atoms with Crippen molar-refractivity contribution in [2.24, 2.45) is 0 Å². The van der Waals surface area contributed by atoms with E-state index in [0.29, 0.717) is 28.7 Å². The molecule has 2 aromatic carbocycles. The Morgan fingerprint density at radius 3 is 2.52 bits per heavy atom. The van der Waals surface area contributed by atoms with Crippen molar-refractivity contribution in [3.05, 3.63) is 71.4 Å². The number of aldehydes is 1. The summed E-state index contributed by atoms with van der Waals surface area (Å²) in [7, 11) is 0. The molecule has 0 bridgehead atoms. The summed E-state index contributed by atoms with van der Waals surface area (Å²) in [5, 5.41) is 0. The average molecular weight is 406 g/mol. The molecule has 0 N–H and O–H groups in total. The number of aromatic nitrogens is 2. The molecule has 0 saturated heterocycles. The molecule has 0 aliphatic carbocycles. The molecule has 0 aliphatic rings. The zero-order chi connectivity index (χ0) is 20.2. The van der Waals surface area contributed by atoms with Gasteiger partial charge in [0.15, 0.2) is 11.2 Å². The van der Waals surface area contributed by atoms with Gasteiger partial charge in [-0.1, -0.05) is 18.2 Å². The molecule has 0 atom stereocenters. The van der Waals surface area contributed by atoms with Gasteiger partial charge < -0.3 is 9.47 Å². The lowest BCUT2D eigenvalue weighted by Gasteiger charge is -2.06. The molecule has 0 fully saturated rings. The molecule has 29 heavy (non-hydrogen) atoms. The normalized spacial score (nSPS) is 10.8. The van der Waals surface area contributed by atoms with Crippen molar-refractivity contribution in [1.82, 2.24) is 9.38 Å². The highest BCUT2D eigenvalue weighted by Crippen LogP contribution is 2.30. The predicted octanol–water partition coefficient (Wildman–Crippen LogP) is 4.77. The van der Waals surface area contributed by atoms with E-state index < -0.39 is 0 Å². The average Bonchev–Trinajstić information content (AvgIpc) is 3.26. The van der Waals surface area contributed by atoms with E-state index in [9.17, 15) is 9.59 Å². The summed E-state index contributed by atoms with van der Waals surface area (Å²) in [4.78, 5) is 29.5. The van der Waals surface area contributed by atoms with E-state index in [4.69, 9.17) is 9.47 Å². The molecule has 4 rings (SSSR count). The van der Waals surface area contributed by atoms with Gasteiger partial charge in [-0.15, -0.1) is 11.3 Å². The Bertz CT molecular complexity index is 1150. The van der Waals surface area contributed by atoms with E-state index in [2.05, 4.69) is 4.98 Å². The molecular weight excluding hydrogens is 388 g/mol. The van der Waals surface area contributed by atoms with Crippen LogP contribution in [0.3, 0.4) is 0 Å². The Morgan fingerprint density at radius 2 is 1.83 bits per heavy atom. The number of rotatable bonds is 7. The quantitative estimate of drug-likeness (QED) is 0.326. The van der Waals surface area contributed by atoms with Crippen molar-refractivity contribution >= 4 is 28.6 Å². The molecule has 6 nitrogen and oxygen atoms in total. The van der Waals surface area contributed by atoms with Crippen LogP contribution in [0.4, 0.5) is 0 Å². The van der Waals surface area contributed by atoms with E-state index in [1.165, 1.54) is 11.3 Å². The van der Waals surface area contributed by atoms with E-state index >= 15 is 0 Å². The zero-order valence-electron chi connectivity index (χ0n) is 15.7. The van der Waals surface area contributed by atoms with Crippen molar-refractivity contribution < 1.29 is 19.1 Å². The number of carbonyl (C=O) groups excluding carboxylic acids is 2. The van der Waals surface area contributed by atoms with Gasteiger partial charge in [0, 0.05) is 16.6 Å². The molecule has 2 aromatic heterocycles. The number of hydrogen-bond acceptors (Lipinski definition) is 6. The molecule has 0 spiro atoms. The molecule has 146 valence electrons. The SMILES string of the molecule is CCOC(=O)Cc1cn2c(C=O)c(-c3ccc(Oc4ccccc4)cc3)nc2s1. The first-order valence-electron chi connectivity index (χ1n) is 9.13. The monoisotopic (exact) mass is 406 g/mol. The van der Waals surface area contributed by atoms with E-state index in [0.717, 1.165) is 22.5 Å². The number of nitrogens with zero attached hydrogens (tertiary/aromatic N) is 2. The third-order valence-electron chi connectivity index (χ3n) is 4.25. The Labute approximate surface area is 171 Å². The van der Waals surface area contributed by atoms with Crippen LogP contribution in [0.15, 0.2) is 60.8 Å². The van der Waals surface area contributed by atoms with Gasteiger partial charge >= 0.3 is 5.97 Å². The summed E-state index contributed by atoms with van der Waals surface area (Å²) in [6.07, 6.45) is 2.72. The van der Waals surface area contributed by atoms with Crippen LogP contribution in [0.25, 0.3) is 16.2 Å². The molecular formula is C22H18N2O4S. The van der Waals surface area contributed by atoms with Gasteiger partial charge in [0.2, 0.25) is 0 Å². The van der Waals surface area contributed by atoms with E-state index in [1.807, 2.05) is 54.6 Å². The summed E-state index contributed by atoms with van der Waals surface area (Å²) in [5.74, 6) is 1.16. The number of ether oxygens (including phenoxy) is 2. The van der Waals surface area contributed by atoms with Crippen LogP contribution in [-0.4, -0.2) is 28.2 Å². The van der Waals surface area contributed by atoms with E-state index in [-0.39, 0.29) is 12.4 Å². The number of para-hydroxylation sites is 1. The standard InChI is InChI=1S/C22H18N2O4S/c1-2-27-20(26)12-18-13-24-19(14-25)21(23-22(24)29-18)15-8-10-17(11-9-15)28-16-6-4-3-5-7-16/h3-11,13-14H,2,12H2,1H3. The highest BCUT2D eigenvalue weighted by atomic mass is 32.1. The molecule has 4 aromatic rings. The molecule has 0 radical (unpaired) electrons. The highest BCUT2D eigenvalue weighted by molar-refractivity contribution is 7.17. The Morgan fingerprint density at radius 1 is 1.10 bits per heavy atom. The minimum absolute atomic E-state index is 0.168. The zero-order valence-corrected chi connectivity index (χ0v) is 16.5. The number of fused-ring (bicyclic) bond motifs is 1. The molecule has 0 aliphatic heterocycles. The summed E-state index contributed by atoms with van der Waals surface area (Å²) in [6.45, 7) is 2.11. The fourth-order valence-corrected chi connectivity index (χ4v) is 3.94. The van der Waals surface area contributed by atoms with Crippen LogP contribution in [0, 0.1) is 0 Å². The fraction of sp³-hybridized carbons (Fsp3) is 0.136. The molecule has 0 saturated carbocycles. The Hall–Kier alpha value is -3.45. The molecule has 2 heterocycles. The van der Waals surface area contributed by atoms with Gasteiger partial charge in [-0.2, -0.15) is 0 Å². The number of esters is 1.